The number of halogens is 3. The van der Waals surface area contributed by atoms with Crippen molar-refractivity contribution >= 4 is 22.6 Å². The van der Waals surface area contributed by atoms with Crippen LogP contribution in [0.15, 0.2) is 12.4 Å². The lowest BCUT2D eigenvalue weighted by Crippen LogP contribution is -1.81. The predicted molar refractivity (Wildman–Crippen MR) is 29.2 cm³/mol. The number of allylic oxidation sites excluding steroid dienone is 1. The Balaban J connectivity index is 3.26. The van der Waals surface area contributed by atoms with E-state index in [-0.39, 0.29) is 0 Å². The van der Waals surface area contributed by atoms with Crippen molar-refractivity contribution in [3.05, 3.63) is 12.4 Å². The summed E-state index contributed by atoms with van der Waals surface area (Å²) in [5.74, 6) is -0.921. The van der Waals surface area contributed by atoms with Crippen molar-refractivity contribution in [1.29, 1.82) is 0 Å². The van der Waals surface area contributed by atoms with E-state index in [1.54, 1.807) is 0 Å². The molecule has 36 valence electrons. The minimum Gasteiger partial charge on any atom is -0.228 e. The first-order valence-corrected chi connectivity index (χ1v) is 2.51. The molecule has 0 aliphatic heterocycles. The van der Waals surface area contributed by atoms with Gasteiger partial charge in [0.05, 0.1) is 0 Å². The third kappa shape index (κ3) is 2.56. The highest BCUT2D eigenvalue weighted by Gasteiger charge is 2.00. The smallest absolute Gasteiger partial charge is 0.201 e. The van der Waals surface area contributed by atoms with E-state index in [4.69, 9.17) is 0 Å². The molecule has 0 radical (unpaired) electrons. The Morgan fingerprint density at radius 2 is 2.00 bits per heavy atom. The summed E-state index contributed by atoms with van der Waals surface area (Å²) < 4.78 is 21.0. The maximum absolute atomic E-state index is 11.3. The van der Waals surface area contributed by atoms with Gasteiger partial charge < -0.3 is 0 Å². The van der Waals surface area contributed by atoms with Gasteiger partial charge in [-0.05, 0) is 22.6 Å². The molecule has 0 bridgehead atoms. The summed E-state index contributed by atoms with van der Waals surface area (Å²) in [6, 6.07) is 0. The van der Waals surface area contributed by atoms with Gasteiger partial charge in [-0.2, -0.15) is 0 Å². The Kier molecular flexibility index (Phi) is 2.63. The number of hydrogen-bond donors (Lipinski definition) is 0. The Morgan fingerprint density at radius 3 is 2.00 bits per heavy atom. The molecule has 0 fully saturated rings. The summed E-state index contributed by atoms with van der Waals surface area (Å²) >= 11 is 1.29. The van der Waals surface area contributed by atoms with Crippen LogP contribution in [-0.2, 0) is 0 Å². The number of alkyl halides is 2. The quantitative estimate of drug-likeness (QED) is 0.453. The highest BCUT2D eigenvalue weighted by atomic mass is 127. The lowest BCUT2D eigenvalue weighted by Gasteiger charge is -1.86. The zero-order chi connectivity index (χ0) is 5.15. The van der Waals surface area contributed by atoms with Gasteiger partial charge in [-0.1, -0.05) is 6.58 Å². The molecule has 1 atom stereocenters. The van der Waals surface area contributed by atoms with E-state index in [0.29, 0.717) is 0 Å². The van der Waals surface area contributed by atoms with E-state index in [0.717, 1.165) is 0 Å². The molecule has 0 heterocycles. The first-order valence-electron chi connectivity index (χ1n) is 1.27. The molecule has 1 unspecified atom stereocenters. The van der Waals surface area contributed by atoms with E-state index >= 15 is 0 Å². The van der Waals surface area contributed by atoms with E-state index in [9.17, 15) is 8.78 Å². The van der Waals surface area contributed by atoms with E-state index in [2.05, 4.69) is 6.58 Å². The van der Waals surface area contributed by atoms with Crippen LogP contribution in [0.5, 0.6) is 0 Å². The van der Waals surface area contributed by atoms with Crippen molar-refractivity contribution in [2.24, 2.45) is 0 Å². The van der Waals surface area contributed by atoms with Gasteiger partial charge in [-0.3, -0.25) is 0 Å². The summed E-state index contributed by atoms with van der Waals surface area (Å²) in [4.78, 5) is 0. The fourth-order valence-electron chi connectivity index (χ4n) is 0. The average molecular weight is 204 g/mol. The Morgan fingerprint density at radius 1 is 1.83 bits per heavy atom. The summed E-state index contributed by atoms with van der Waals surface area (Å²) in [6.45, 7) is 2.71. The van der Waals surface area contributed by atoms with Crippen LogP contribution in [0, 0.1) is 0 Å². The molecule has 0 aliphatic carbocycles. The van der Waals surface area contributed by atoms with Crippen molar-refractivity contribution in [3.63, 3.8) is 0 Å². The SMILES string of the molecule is C=C(F)C(F)I. The molecule has 0 spiro atoms. The van der Waals surface area contributed by atoms with Crippen LogP contribution in [0.25, 0.3) is 0 Å². The fraction of sp³-hybridized carbons (Fsp3) is 0.333. The monoisotopic (exact) mass is 204 g/mol. The maximum atomic E-state index is 11.3. The van der Waals surface area contributed by atoms with Crippen LogP contribution in [-0.4, -0.2) is 4.18 Å². The average Bonchev–Trinajstić information content (AvgIpc) is 1.36. The summed E-state index contributed by atoms with van der Waals surface area (Å²) in [6.07, 6.45) is 0. The van der Waals surface area contributed by atoms with Gasteiger partial charge in [0.25, 0.3) is 0 Å². The zero-order valence-electron chi connectivity index (χ0n) is 2.92. The first-order chi connectivity index (χ1) is 2.64. The second kappa shape index (κ2) is 2.49. The van der Waals surface area contributed by atoms with Crippen molar-refractivity contribution < 1.29 is 8.78 Å². The molecule has 0 aromatic carbocycles. The van der Waals surface area contributed by atoms with Crippen LogP contribution >= 0.6 is 22.6 Å². The molecule has 0 amide bonds. The molecule has 6 heavy (non-hydrogen) atoms. The normalized spacial score (nSPS) is 13.8. The van der Waals surface area contributed by atoms with E-state index in [1.165, 1.54) is 22.6 Å². The van der Waals surface area contributed by atoms with Crippen molar-refractivity contribution in [2.75, 3.05) is 0 Å². The molecule has 0 saturated carbocycles. The molecular formula is C3H3F2I. The molecule has 3 heteroatoms. The molecule has 0 rings (SSSR count). The van der Waals surface area contributed by atoms with Gasteiger partial charge in [0, 0.05) is 0 Å². The largest absolute Gasteiger partial charge is 0.228 e. The van der Waals surface area contributed by atoms with E-state index in [1.807, 2.05) is 0 Å². The number of hydrogen-bond acceptors (Lipinski definition) is 0. The second-order valence-corrected chi connectivity index (χ2v) is 1.84. The molecule has 0 aromatic heterocycles. The summed E-state index contributed by atoms with van der Waals surface area (Å²) in [7, 11) is 0. The Hall–Kier alpha value is 0.330. The van der Waals surface area contributed by atoms with Crippen LogP contribution in [0.3, 0.4) is 0 Å². The Labute approximate surface area is 48.4 Å². The molecule has 0 N–H and O–H groups in total. The summed E-state index contributed by atoms with van der Waals surface area (Å²) in [5.41, 5.74) is 0. The molecule has 0 aliphatic rings. The van der Waals surface area contributed by atoms with Gasteiger partial charge in [-0.25, -0.2) is 8.78 Å². The minimum absolute atomic E-state index is 0.921. The molecule has 0 aromatic rings. The minimum atomic E-state index is -1.54. The highest BCUT2D eigenvalue weighted by molar-refractivity contribution is 14.1. The van der Waals surface area contributed by atoms with Gasteiger partial charge in [-0.15, -0.1) is 0 Å². The predicted octanol–water partition coefficient (Wildman–Crippen LogP) is 2.20. The topological polar surface area (TPSA) is 0 Å². The molecular weight excluding hydrogens is 201 g/mol. The standard InChI is InChI=1S/C3H3F2I/c1-2(4)3(5)6/h3H,1H2. The van der Waals surface area contributed by atoms with Gasteiger partial charge in [0.2, 0.25) is 4.18 Å². The van der Waals surface area contributed by atoms with Gasteiger partial charge in [0.1, 0.15) is 5.83 Å². The lowest BCUT2D eigenvalue weighted by molar-refractivity contribution is 0.443. The second-order valence-electron chi connectivity index (χ2n) is 0.748. The lowest BCUT2D eigenvalue weighted by atomic mass is 10.7. The van der Waals surface area contributed by atoms with Crippen LogP contribution in [0.4, 0.5) is 8.78 Å². The summed E-state index contributed by atoms with van der Waals surface area (Å²) in [5, 5.41) is 0. The Bertz CT molecular complexity index is 59.8. The third-order valence-corrected chi connectivity index (χ3v) is 0.913. The third-order valence-electron chi connectivity index (χ3n) is 0.237. The van der Waals surface area contributed by atoms with Crippen molar-refractivity contribution in [3.8, 4) is 0 Å². The van der Waals surface area contributed by atoms with Crippen molar-refractivity contribution in [2.45, 2.75) is 4.18 Å². The molecule has 0 nitrogen and oxygen atoms in total. The first kappa shape index (κ1) is 6.33. The van der Waals surface area contributed by atoms with Crippen LogP contribution < -0.4 is 0 Å². The van der Waals surface area contributed by atoms with E-state index < -0.39 is 10.0 Å². The van der Waals surface area contributed by atoms with Crippen LogP contribution in [0.1, 0.15) is 0 Å². The fourth-order valence-corrected chi connectivity index (χ4v) is 0. The zero-order valence-corrected chi connectivity index (χ0v) is 5.08. The molecule has 0 saturated heterocycles. The van der Waals surface area contributed by atoms with Crippen molar-refractivity contribution in [1.82, 2.24) is 0 Å². The van der Waals surface area contributed by atoms with Gasteiger partial charge >= 0.3 is 0 Å². The highest BCUT2D eigenvalue weighted by Crippen LogP contribution is 2.11. The number of rotatable bonds is 1. The van der Waals surface area contributed by atoms with Crippen LogP contribution in [0.2, 0.25) is 0 Å². The van der Waals surface area contributed by atoms with Gasteiger partial charge in [0.15, 0.2) is 0 Å². The maximum Gasteiger partial charge on any atom is 0.201 e.